The molecular weight excluding hydrogens is 284 g/mol. The minimum Gasteiger partial charge on any atom is -0.377 e. The summed E-state index contributed by atoms with van der Waals surface area (Å²) in [6, 6.07) is -0.0709. The lowest BCUT2D eigenvalue weighted by atomic mass is 10.1. The number of nitrogens with two attached hydrogens (primary N) is 1. The first-order valence-corrected chi connectivity index (χ1v) is 6.73. The van der Waals surface area contributed by atoms with E-state index in [-0.39, 0.29) is 12.1 Å². The third-order valence-corrected chi connectivity index (χ3v) is 3.25. The lowest BCUT2D eigenvalue weighted by Gasteiger charge is -2.24. The summed E-state index contributed by atoms with van der Waals surface area (Å²) in [4.78, 5) is 0. The summed E-state index contributed by atoms with van der Waals surface area (Å²) in [5, 5.41) is 4.34. The smallest absolute Gasteiger partial charge is 0.0899 e. The van der Waals surface area contributed by atoms with E-state index in [2.05, 4.69) is 33.4 Å². The van der Waals surface area contributed by atoms with Gasteiger partial charge in [-0.25, -0.2) is 5.43 Å². The van der Waals surface area contributed by atoms with Gasteiger partial charge in [0.1, 0.15) is 0 Å². The van der Waals surface area contributed by atoms with E-state index in [1.165, 1.54) is 0 Å². The monoisotopic (exact) mass is 304 g/mol. The van der Waals surface area contributed by atoms with Gasteiger partial charge in [0.25, 0.3) is 0 Å². The van der Waals surface area contributed by atoms with Crippen LogP contribution in [0.2, 0.25) is 0 Å². The first-order chi connectivity index (χ1) is 8.15. The first-order valence-electron chi connectivity index (χ1n) is 5.94. The molecule has 1 rings (SSSR count). The van der Waals surface area contributed by atoms with E-state index in [1.807, 2.05) is 18.5 Å². The second-order valence-electron chi connectivity index (χ2n) is 3.91. The van der Waals surface area contributed by atoms with Crippen molar-refractivity contribution in [1.29, 1.82) is 0 Å². The Morgan fingerprint density at radius 3 is 2.82 bits per heavy atom. The summed E-state index contributed by atoms with van der Waals surface area (Å²) >= 11 is 3.51. The summed E-state index contributed by atoms with van der Waals surface area (Å²) in [7, 11) is 0. The highest BCUT2D eigenvalue weighted by Gasteiger charge is 2.24. The molecule has 0 radical (unpaired) electrons. The zero-order chi connectivity index (χ0) is 12.8. The van der Waals surface area contributed by atoms with Crippen molar-refractivity contribution in [1.82, 2.24) is 15.2 Å². The summed E-state index contributed by atoms with van der Waals surface area (Å²) in [5.74, 6) is 5.64. The Hall–Kier alpha value is -0.430. The predicted octanol–water partition coefficient (Wildman–Crippen LogP) is 1.99. The molecule has 0 aliphatic rings. The van der Waals surface area contributed by atoms with Crippen LogP contribution in [0.5, 0.6) is 0 Å². The summed E-state index contributed by atoms with van der Waals surface area (Å²) in [6.45, 7) is 7.64. The van der Waals surface area contributed by atoms with Gasteiger partial charge >= 0.3 is 0 Å². The molecule has 0 aliphatic heterocycles. The molecule has 6 heteroatoms. The van der Waals surface area contributed by atoms with Crippen molar-refractivity contribution in [3.63, 3.8) is 0 Å². The Balaban J connectivity index is 2.97. The minimum atomic E-state index is -0.0709. The normalized spacial score (nSPS) is 14.9. The number of rotatable bonds is 7. The molecule has 0 amide bonds. The number of ether oxygens (including phenoxy) is 1. The highest BCUT2D eigenvalue weighted by molar-refractivity contribution is 9.10. The molecule has 0 spiro atoms. The third-order valence-electron chi connectivity index (χ3n) is 2.64. The van der Waals surface area contributed by atoms with Gasteiger partial charge in [0.15, 0.2) is 0 Å². The van der Waals surface area contributed by atoms with Gasteiger partial charge in [0.2, 0.25) is 0 Å². The zero-order valence-corrected chi connectivity index (χ0v) is 12.2. The number of hydrogen-bond donors (Lipinski definition) is 2. The van der Waals surface area contributed by atoms with Crippen molar-refractivity contribution in [2.45, 2.75) is 45.9 Å². The van der Waals surface area contributed by atoms with E-state index in [0.29, 0.717) is 6.61 Å². The maximum Gasteiger partial charge on any atom is 0.0899 e. The number of nitrogens with one attached hydrogen (secondary N) is 1. The van der Waals surface area contributed by atoms with Crippen molar-refractivity contribution in [3.8, 4) is 0 Å². The molecule has 0 saturated carbocycles. The molecule has 0 fully saturated rings. The highest BCUT2D eigenvalue weighted by atomic mass is 79.9. The van der Waals surface area contributed by atoms with Crippen LogP contribution < -0.4 is 11.3 Å². The molecule has 3 N–H and O–H groups in total. The van der Waals surface area contributed by atoms with E-state index in [0.717, 1.165) is 23.1 Å². The third kappa shape index (κ3) is 3.51. The van der Waals surface area contributed by atoms with Gasteiger partial charge < -0.3 is 4.74 Å². The first kappa shape index (κ1) is 14.6. The van der Waals surface area contributed by atoms with Crippen LogP contribution in [-0.2, 0) is 11.3 Å². The van der Waals surface area contributed by atoms with Crippen LogP contribution in [0, 0.1) is 0 Å². The summed E-state index contributed by atoms with van der Waals surface area (Å²) in [5.41, 5.74) is 3.85. The molecule has 0 bridgehead atoms. The van der Waals surface area contributed by atoms with Gasteiger partial charge in [-0.15, -0.1) is 0 Å². The fraction of sp³-hybridized carbons (Fsp3) is 0.727. The van der Waals surface area contributed by atoms with E-state index >= 15 is 0 Å². The molecule has 0 saturated heterocycles. The van der Waals surface area contributed by atoms with Gasteiger partial charge in [0.05, 0.1) is 28.5 Å². The van der Waals surface area contributed by atoms with Gasteiger partial charge in [-0.3, -0.25) is 10.5 Å². The van der Waals surface area contributed by atoms with E-state index in [9.17, 15) is 0 Å². The molecule has 2 unspecified atom stereocenters. The van der Waals surface area contributed by atoms with Crippen LogP contribution in [0.3, 0.4) is 0 Å². The number of halogens is 1. The van der Waals surface area contributed by atoms with Crippen LogP contribution in [0.1, 0.15) is 38.9 Å². The largest absolute Gasteiger partial charge is 0.377 e. The van der Waals surface area contributed by atoms with Crippen molar-refractivity contribution < 1.29 is 4.74 Å². The Labute approximate surface area is 111 Å². The number of nitrogens with zero attached hydrogens (tertiary/aromatic N) is 2. The molecule has 98 valence electrons. The lowest BCUT2D eigenvalue weighted by molar-refractivity contribution is 0.0446. The number of aryl methyl sites for hydroxylation is 1. The fourth-order valence-corrected chi connectivity index (χ4v) is 2.41. The SMILES string of the molecule is CCCn1ncc(Br)c1C(NN)C(C)OCC. The van der Waals surface area contributed by atoms with Gasteiger partial charge in [-0.05, 0) is 36.2 Å². The summed E-state index contributed by atoms with van der Waals surface area (Å²) in [6.07, 6.45) is 2.82. The van der Waals surface area contributed by atoms with E-state index in [1.54, 1.807) is 6.20 Å². The van der Waals surface area contributed by atoms with Gasteiger partial charge in [-0.2, -0.15) is 5.10 Å². The van der Waals surface area contributed by atoms with Crippen LogP contribution >= 0.6 is 15.9 Å². The second kappa shape index (κ2) is 7.10. The fourth-order valence-electron chi connectivity index (χ4n) is 1.87. The van der Waals surface area contributed by atoms with Crippen LogP contribution in [-0.4, -0.2) is 22.5 Å². The number of hydrazine groups is 1. The zero-order valence-electron chi connectivity index (χ0n) is 10.6. The summed E-state index contributed by atoms with van der Waals surface area (Å²) < 4.78 is 8.52. The Kier molecular flexibility index (Phi) is 6.11. The molecule has 5 nitrogen and oxygen atoms in total. The molecule has 0 aliphatic carbocycles. The maximum absolute atomic E-state index is 5.64. The van der Waals surface area contributed by atoms with Crippen molar-refractivity contribution in [2.24, 2.45) is 5.84 Å². The molecule has 0 aromatic carbocycles. The standard InChI is InChI=1S/C11H21BrN4O/c1-4-6-16-11(9(12)7-14-16)10(15-13)8(3)17-5-2/h7-8,10,15H,4-6,13H2,1-3H3. The van der Waals surface area contributed by atoms with Gasteiger partial charge in [0, 0.05) is 13.2 Å². The van der Waals surface area contributed by atoms with E-state index < -0.39 is 0 Å². The Morgan fingerprint density at radius 2 is 2.29 bits per heavy atom. The van der Waals surface area contributed by atoms with E-state index in [4.69, 9.17) is 10.6 Å². The molecule has 17 heavy (non-hydrogen) atoms. The van der Waals surface area contributed by atoms with Crippen molar-refractivity contribution in [3.05, 3.63) is 16.4 Å². The lowest BCUT2D eigenvalue weighted by Crippen LogP contribution is -2.38. The minimum absolute atomic E-state index is 0.00592. The quantitative estimate of drug-likeness (QED) is 0.597. The Bertz CT molecular complexity index is 342. The van der Waals surface area contributed by atoms with Crippen LogP contribution in [0.4, 0.5) is 0 Å². The van der Waals surface area contributed by atoms with Crippen LogP contribution in [0.15, 0.2) is 10.7 Å². The van der Waals surface area contributed by atoms with Crippen LogP contribution in [0.25, 0.3) is 0 Å². The Morgan fingerprint density at radius 1 is 1.59 bits per heavy atom. The molecular formula is C11H21BrN4O. The number of hydrogen-bond acceptors (Lipinski definition) is 4. The molecule has 2 atom stereocenters. The average molecular weight is 305 g/mol. The average Bonchev–Trinajstić information content (AvgIpc) is 2.64. The van der Waals surface area contributed by atoms with Crippen molar-refractivity contribution >= 4 is 15.9 Å². The second-order valence-corrected chi connectivity index (χ2v) is 4.76. The van der Waals surface area contributed by atoms with Gasteiger partial charge in [-0.1, -0.05) is 6.92 Å². The molecule has 1 aromatic rings. The predicted molar refractivity (Wildman–Crippen MR) is 71.4 cm³/mol. The number of aromatic nitrogens is 2. The highest BCUT2D eigenvalue weighted by Crippen LogP contribution is 2.26. The topological polar surface area (TPSA) is 65.1 Å². The molecule has 1 aromatic heterocycles. The maximum atomic E-state index is 5.64. The van der Waals surface area contributed by atoms with Crippen molar-refractivity contribution in [2.75, 3.05) is 6.61 Å². The molecule has 1 heterocycles.